The Balaban J connectivity index is 0.00000288. The molecule has 2 aromatic rings. The molecule has 6 heteroatoms. The van der Waals surface area contributed by atoms with E-state index in [-0.39, 0.29) is 24.0 Å². The topological polar surface area (TPSA) is 40.8 Å². The molecule has 0 aliphatic heterocycles. The Morgan fingerprint density at radius 1 is 1.25 bits per heavy atom. The van der Waals surface area contributed by atoms with Crippen LogP contribution in [0.4, 0.5) is 0 Å². The summed E-state index contributed by atoms with van der Waals surface area (Å²) in [4.78, 5) is 8.13. The maximum Gasteiger partial charge on any atom is 0.193 e. The lowest BCUT2D eigenvalue weighted by molar-refractivity contribution is 0.474. The van der Waals surface area contributed by atoms with Crippen molar-refractivity contribution in [1.29, 1.82) is 0 Å². The second-order valence-electron chi connectivity index (χ2n) is 5.27. The second-order valence-corrected chi connectivity index (χ2v) is 6.15. The third kappa shape index (κ3) is 6.76. The minimum absolute atomic E-state index is 0. The van der Waals surface area contributed by atoms with Crippen LogP contribution < -0.4 is 5.32 Å². The first-order valence-corrected chi connectivity index (χ1v) is 9.10. The molecular weight excluding hydrogens is 433 g/mol. The first-order valence-electron chi connectivity index (χ1n) is 7.87. The van der Waals surface area contributed by atoms with Crippen molar-refractivity contribution in [3.05, 3.63) is 54.0 Å². The zero-order valence-corrected chi connectivity index (χ0v) is 17.6. The molecule has 0 spiro atoms. The van der Waals surface area contributed by atoms with Crippen LogP contribution in [0.15, 0.2) is 57.0 Å². The van der Waals surface area contributed by atoms with Gasteiger partial charge in [0.25, 0.3) is 0 Å². The molecule has 1 heterocycles. The van der Waals surface area contributed by atoms with Crippen LogP contribution in [-0.2, 0) is 13.0 Å². The summed E-state index contributed by atoms with van der Waals surface area (Å²) in [6, 6.07) is 12.6. The van der Waals surface area contributed by atoms with Gasteiger partial charge in [-0.15, -0.1) is 35.7 Å². The lowest BCUT2D eigenvalue weighted by Gasteiger charge is -2.22. The molecule has 0 radical (unpaired) electrons. The standard InChI is InChI=1S/C18H25N3OS.HI/c1-4-19-18(20-12-11-16-6-5-13-22-16)21(2)14-15-7-9-17(23-3)10-8-15;/h5-10,13H,4,11-12,14H2,1-3H3,(H,19,20);1H. The first-order chi connectivity index (χ1) is 11.2. The maximum absolute atomic E-state index is 5.35. The molecule has 24 heavy (non-hydrogen) atoms. The smallest absolute Gasteiger partial charge is 0.193 e. The van der Waals surface area contributed by atoms with Gasteiger partial charge >= 0.3 is 0 Å². The molecule has 0 atom stereocenters. The van der Waals surface area contributed by atoms with E-state index in [0.29, 0.717) is 6.54 Å². The highest BCUT2D eigenvalue weighted by molar-refractivity contribution is 14.0. The molecule has 1 aromatic heterocycles. The van der Waals surface area contributed by atoms with Crippen molar-refractivity contribution < 1.29 is 4.42 Å². The second kappa shape index (κ2) is 11.4. The SMILES string of the molecule is CCNC(=NCCc1ccco1)N(C)Cc1ccc(SC)cc1.I. The van der Waals surface area contributed by atoms with Crippen LogP contribution in [0, 0.1) is 0 Å². The fourth-order valence-electron chi connectivity index (χ4n) is 2.28. The van der Waals surface area contributed by atoms with E-state index in [2.05, 4.69) is 59.7 Å². The minimum atomic E-state index is 0. The summed E-state index contributed by atoms with van der Waals surface area (Å²) >= 11 is 1.76. The van der Waals surface area contributed by atoms with Crippen molar-refractivity contribution in [1.82, 2.24) is 10.2 Å². The van der Waals surface area contributed by atoms with Crippen LogP contribution >= 0.6 is 35.7 Å². The van der Waals surface area contributed by atoms with E-state index >= 15 is 0 Å². The molecule has 2 rings (SSSR count). The predicted molar refractivity (Wildman–Crippen MR) is 113 cm³/mol. The fraction of sp³-hybridized carbons (Fsp3) is 0.389. The van der Waals surface area contributed by atoms with Crippen molar-refractivity contribution >= 4 is 41.7 Å². The van der Waals surface area contributed by atoms with E-state index in [9.17, 15) is 0 Å². The number of benzene rings is 1. The molecule has 0 saturated carbocycles. The number of halogens is 1. The highest BCUT2D eigenvalue weighted by Gasteiger charge is 2.06. The fourth-order valence-corrected chi connectivity index (χ4v) is 2.68. The highest BCUT2D eigenvalue weighted by Crippen LogP contribution is 2.15. The van der Waals surface area contributed by atoms with E-state index in [1.807, 2.05) is 12.1 Å². The lowest BCUT2D eigenvalue weighted by Crippen LogP contribution is -2.38. The molecule has 1 aromatic carbocycles. The van der Waals surface area contributed by atoms with Gasteiger partial charge < -0.3 is 14.6 Å². The molecular formula is C18H26IN3OS. The Morgan fingerprint density at radius 3 is 2.58 bits per heavy atom. The van der Waals surface area contributed by atoms with Gasteiger partial charge in [0.1, 0.15) is 5.76 Å². The number of rotatable bonds is 7. The summed E-state index contributed by atoms with van der Waals surface area (Å²) in [7, 11) is 2.07. The monoisotopic (exact) mass is 459 g/mol. The average molecular weight is 459 g/mol. The molecule has 4 nitrogen and oxygen atoms in total. The molecule has 1 N–H and O–H groups in total. The van der Waals surface area contributed by atoms with Gasteiger partial charge in [0.2, 0.25) is 0 Å². The van der Waals surface area contributed by atoms with E-state index in [4.69, 9.17) is 4.42 Å². The number of furan rings is 1. The number of hydrogen-bond donors (Lipinski definition) is 1. The average Bonchev–Trinajstić information content (AvgIpc) is 3.08. The van der Waals surface area contributed by atoms with Crippen LogP contribution in [0.1, 0.15) is 18.2 Å². The van der Waals surface area contributed by atoms with Crippen molar-refractivity contribution in [2.45, 2.75) is 24.8 Å². The van der Waals surface area contributed by atoms with Crippen LogP contribution in [0.2, 0.25) is 0 Å². The van der Waals surface area contributed by atoms with Gasteiger partial charge in [0, 0.05) is 38.0 Å². The molecule has 0 unspecified atom stereocenters. The summed E-state index contributed by atoms with van der Waals surface area (Å²) < 4.78 is 5.35. The minimum Gasteiger partial charge on any atom is -0.469 e. The number of thioether (sulfide) groups is 1. The number of nitrogens with zero attached hydrogens (tertiary/aromatic N) is 2. The largest absolute Gasteiger partial charge is 0.469 e. The predicted octanol–water partition coefficient (Wildman–Crippen LogP) is 4.26. The Bertz CT molecular complexity index is 599. The summed E-state index contributed by atoms with van der Waals surface area (Å²) in [6.07, 6.45) is 4.61. The van der Waals surface area contributed by atoms with E-state index in [1.54, 1.807) is 18.0 Å². The van der Waals surface area contributed by atoms with Gasteiger partial charge in [-0.1, -0.05) is 12.1 Å². The van der Waals surface area contributed by atoms with Crippen LogP contribution in [0.25, 0.3) is 0 Å². The molecule has 0 bridgehead atoms. The summed E-state index contributed by atoms with van der Waals surface area (Å²) in [6.45, 7) is 4.49. The number of nitrogens with one attached hydrogen (secondary N) is 1. The quantitative estimate of drug-likeness (QED) is 0.291. The van der Waals surface area contributed by atoms with Gasteiger partial charge in [-0.3, -0.25) is 4.99 Å². The molecule has 0 amide bonds. The van der Waals surface area contributed by atoms with Crippen molar-refractivity contribution in [2.75, 3.05) is 26.4 Å². The summed E-state index contributed by atoms with van der Waals surface area (Å²) in [5.41, 5.74) is 1.28. The number of guanidine groups is 1. The normalized spacial score (nSPS) is 11.0. The molecule has 0 aliphatic rings. The van der Waals surface area contributed by atoms with Crippen molar-refractivity contribution in [3.8, 4) is 0 Å². The van der Waals surface area contributed by atoms with Gasteiger partial charge in [-0.05, 0) is 43.0 Å². The van der Waals surface area contributed by atoms with Crippen molar-refractivity contribution in [3.63, 3.8) is 0 Å². The van der Waals surface area contributed by atoms with E-state index in [1.165, 1.54) is 10.5 Å². The zero-order chi connectivity index (χ0) is 16.5. The Labute approximate surface area is 166 Å². The number of hydrogen-bond acceptors (Lipinski definition) is 3. The van der Waals surface area contributed by atoms with Gasteiger partial charge in [0.05, 0.1) is 6.26 Å². The molecule has 0 fully saturated rings. The summed E-state index contributed by atoms with van der Waals surface area (Å²) in [5, 5.41) is 3.35. The maximum atomic E-state index is 5.35. The molecule has 0 aliphatic carbocycles. The molecule has 132 valence electrons. The third-order valence-corrected chi connectivity index (χ3v) is 4.22. The molecule has 0 saturated heterocycles. The number of aliphatic imine (C=N–C) groups is 1. The van der Waals surface area contributed by atoms with Gasteiger partial charge in [0.15, 0.2) is 5.96 Å². The van der Waals surface area contributed by atoms with Gasteiger partial charge in [-0.25, -0.2) is 0 Å². The van der Waals surface area contributed by atoms with Crippen LogP contribution in [-0.4, -0.2) is 37.3 Å². The van der Waals surface area contributed by atoms with Crippen LogP contribution in [0.3, 0.4) is 0 Å². The Hall–Kier alpha value is -1.15. The van der Waals surface area contributed by atoms with E-state index < -0.39 is 0 Å². The van der Waals surface area contributed by atoms with Crippen molar-refractivity contribution in [2.24, 2.45) is 4.99 Å². The highest BCUT2D eigenvalue weighted by atomic mass is 127. The lowest BCUT2D eigenvalue weighted by atomic mass is 10.2. The third-order valence-electron chi connectivity index (χ3n) is 3.48. The van der Waals surface area contributed by atoms with Crippen LogP contribution in [0.5, 0.6) is 0 Å². The first kappa shape index (κ1) is 20.9. The zero-order valence-electron chi connectivity index (χ0n) is 14.5. The summed E-state index contributed by atoms with van der Waals surface area (Å²) in [5.74, 6) is 1.90. The van der Waals surface area contributed by atoms with Gasteiger partial charge in [-0.2, -0.15) is 0 Å². The Morgan fingerprint density at radius 2 is 2.00 bits per heavy atom. The van der Waals surface area contributed by atoms with E-state index in [0.717, 1.165) is 31.2 Å². The Kier molecular flexibility index (Phi) is 9.94.